The zero-order valence-electron chi connectivity index (χ0n) is 14.1. The molecule has 0 radical (unpaired) electrons. The third-order valence-electron chi connectivity index (χ3n) is 3.98. The molecule has 1 aromatic heterocycles. The summed E-state index contributed by atoms with van der Waals surface area (Å²) < 4.78 is 5.63. The molecule has 1 aliphatic heterocycles. The highest BCUT2D eigenvalue weighted by atomic mass is 16.5. The van der Waals surface area contributed by atoms with Gasteiger partial charge < -0.3 is 15.0 Å². The molecule has 1 fully saturated rings. The fraction of sp³-hybridized carbons (Fsp3) is 0.706. The van der Waals surface area contributed by atoms with E-state index >= 15 is 0 Å². The van der Waals surface area contributed by atoms with Gasteiger partial charge in [-0.15, -0.1) is 0 Å². The number of morpholine rings is 1. The SMILES string of the molecule is CCNCc1cc(C(C)C)nc(N2CCOCC2(C)C)c1. The van der Waals surface area contributed by atoms with Crippen molar-refractivity contribution in [3.05, 3.63) is 23.4 Å². The van der Waals surface area contributed by atoms with Crippen molar-refractivity contribution in [1.29, 1.82) is 0 Å². The Hall–Kier alpha value is -1.13. The summed E-state index contributed by atoms with van der Waals surface area (Å²) in [5.41, 5.74) is 2.48. The quantitative estimate of drug-likeness (QED) is 0.905. The van der Waals surface area contributed by atoms with Crippen LogP contribution >= 0.6 is 0 Å². The van der Waals surface area contributed by atoms with Gasteiger partial charge in [-0.25, -0.2) is 4.98 Å². The summed E-state index contributed by atoms with van der Waals surface area (Å²) in [6.07, 6.45) is 0. The highest BCUT2D eigenvalue weighted by Crippen LogP contribution is 2.28. The Morgan fingerprint density at radius 1 is 1.38 bits per heavy atom. The molecular weight excluding hydrogens is 262 g/mol. The van der Waals surface area contributed by atoms with Crippen LogP contribution in [0.2, 0.25) is 0 Å². The Morgan fingerprint density at radius 3 is 2.76 bits per heavy atom. The lowest BCUT2D eigenvalue weighted by molar-refractivity contribution is 0.0639. The van der Waals surface area contributed by atoms with Crippen molar-refractivity contribution in [1.82, 2.24) is 10.3 Å². The van der Waals surface area contributed by atoms with Gasteiger partial charge in [-0.05, 0) is 44.0 Å². The number of pyridine rings is 1. The summed E-state index contributed by atoms with van der Waals surface area (Å²) >= 11 is 0. The van der Waals surface area contributed by atoms with Crippen LogP contribution in [0.1, 0.15) is 51.8 Å². The van der Waals surface area contributed by atoms with E-state index in [-0.39, 0.29) is 5.54 Å². The van der Waals surface area contributed by atoms with Crippen LogP contribution in [0.5, 0.6) is 0 Å². The van der Waals surface area contributed by atoms with Crippen molar-refractivity contribution in [2.75, 3.05) is 31.2 Å². The van der Waals surface area contributed by atoms with Crippen molar-refractivity contribution in [2.24, 2.45) is 0 Å². The Bertz CT molecular complexity index is 471. The maximum atomic E-state index is 5.63. The number of anilines is 1. The summed E-state index contributed by atoms with van der Waals surface area (Å²) in [6.45, 7) is 15.3. The first kappa shape index (κ1) is 16.2. The van der Waals surface area contributed by atoms with Crippen LogP contribution in [0.3, 0.4) is 0 Å². The van der Waals surface area contributed by atoms with Crippen LogP contribution in [0.15, 0.2) is 12.1 Å². The number of nitrogens with one attached hydrogen (secondary N) is 1. The van der Waals surface area contributed by atoms with Crippen LogP contribution in [0, 0.1) is 0 Å². The molecule has 0 aliphatic carbocycles. The minimum Gasteiger partial charge on any atom is -0.377 e. The Balaban J connectivity index is 2.34. The molecule has 0 aromatic carbocycles. The fourth-order valence-corrected chi connectivity index (χ4v) is 2.68. The van der Waals surface area contributed by atoms with Gasteiger partial charge in [0.25, 0.3) is 0 Å². The molecule has 0 atom stereocenters. The van der Waals surface area contributed by atoms with Crippen LogP contribution in [-0.2, 0) is 11.3 Å². The van der Waals surface area contributed by atoms with E-state index < -0.39 is 0 Å². The standard InChI is InChI=1S/C17H29N3O/c1-6-18-11-14-9-15(13(2)3)19-16(10-14)20-7-8-21-12-17(20,4)5/h9-10,13,18H,6-8,11-12H2,1-5H3. The summed E-state index contributed by atoms with van der Waals surface area (Å²) in [4.78, 5) is 7.29. The minimum absolute atomic E-state index is 0.00366. The molecule has 0 saturated carbocycles. The van der Waals surface area contributed by atoms with Crippen molar-refractivity contribution in [3.63, 3.8) is 0 Å². The van der Waals surface area contributed by atoms with E-state index in [0.29, 0.717) is 5.92 Å². The molecule has 2 rings (SSSR count). The van der Waals surface area contributed by atoms with Crippen LogP contribution in [0.4, 0.5) is 5.82 Å². The Morgan fingerprint density at radius 2 is 2.14 bits per heavy atom. The molecular formula is C17H29N3O. The summed E-state index contributed by atoms with van der Waals surface area (Å²) in [6, 6.07) is 4.45. The third-order valence-corrected chi connectivity index (χ3v) is 3.98. The molecule has 1 saturated heterocycles. The van der Waals surface area contributed by atoms with Crippen LogP contribution in [-0.4, -0.2) is 36.8 Å². The monoisotopic (exact) mass is 291 g/mol. The molecule has 1 aliphatic rings. The molecule has 0 bridgehead atoms. The van der Waals surface area contributed by atoms with Gasteiger partial charge in [0.2, 0.25) is 0 Å². The molecule has 0 spiro atoms. The van der Waals surface area contributed by atoms with E-state index in [0.717, 1.165) is 38.7 Å². The highest BCUT2D eigenvalue weighted by Gasteiger charge is 2.31. The number of hydrogen-bond donors (Lipinski definition) is 1. The Labute approximate surface area is 128 Å². The van der Waals surface area contributed by atoms with Gasteiger partial charge in [0, 0.05) is 18.8 Å². The summed E-state index contributed by atoms with van der Waals surface area (Å²) in [5.74, 6) is 1.52. The van der Waals surface area contributed by atoms with Crippen LogP contribution in [0.25, 0.3) is 0 Å². The smallest absolute Gasteiger partial charge is 0.129 e. The maximum absolute atomic E-state index is 5.63. The van der Waals surface area contributed by atoms with E-state index in [1.165, 1.54) is 11.3 Å². The number of hydrogen-bond acceptors (Lipinski definition) is 4. The van der Waals surface area contributed by atoms with E-state index in [1.54, 1.807) is 0 Å². The Kier molecular flexibility index (Phi) is 5.22. The van der Waals surface area contributed by atoms with Gasteiger partial charge in [0.1, 0.15) is 5.82 Å². The highest BCUT2D eigenvalue weighted by molar-refractivity contribution is 5.46. The number of ether oxygens (including phenoxy) is 1. The molecule has 0 amide bonds. The van der Waals surface area contributed by atoms with Crippen molar-refractivity contribution < 1.29 is 4.74 Å². The first-order valence-corrected chi connectivity index (χ1v) is 8.01. The lowest BCUT2D eigenvalue weighted by Crippen LogP contribution is -2.53. The summed E-state index contributed by atoms with van der Waals surface area (Å²) in [7, 11) is 0. The number of rotatable bonds is 5. The molecule has 1 N–H and O–H groups in total. The minimum atomic E-state index is -0.00366. The molecule has 4 nitrogen and oxygen atoms in total. The van der Waals surface area contributed by atoms with Crippen molar-refractivity contribution in [2.45, 2.75) is 52.6 Å². The second kappa shape index (κ2) is 6.75. The summed E-state index contributed by atoms with van der Waals surface area (Å²) in [5, 5.41) is 3.41. The lowest BCUT2D eigenvalue weighted by Gasteiger charge is -2.43. The zero-order valence-corrected chi connectivity index (χ0v) is 14.1. The predicted octanol–water partition coefficient (Wildman–Crippen LogP) is 2.93. The van der Waals surface area contributed by atoms with E-state index in [9.17, 15) is 0 Å². The van der Waals surface area contributed by atoms with Gasteiger partial charge in [0.15, 0.2) is 0 Å². The van der Waals surface area contributed by atoms with E-state index in [4.69, 9.17) is 9.72 Å². The van der Waals surface area contributed by atoms with E-state index in [2.05, 4.69) is 57.0 Å². The molecule has 21 heavy (non-hydrogen) atoms. The fourth-order valence-electron chi connectivity index (χ4n) is 2.68. The molecule has 2 heterocycles. The van der Waals surface area contributed by atoms with Gasteiger partial charge >= 0.3 is 0 Å². The zero-order chi connectivity index (χ0) is 15.5. The van der Waals surface area contributed by atoms with Gasteiger partial charge in [-0.1, -0.05) is 20.8 Å². The normalized spacial score (nSPS) is 18.3. The molecule has 0 unspecified atom stereocenters. The van der Waals surface area contributed by atoms with Gasteiger partial charge in [0.05, 0.1) is 18.8 Å². The second-order valence-electron chi connectivity index (χ2n) is 6.71. The third kappa shape index (κ3) is 3.95. The number of nitrogens with zero attached hydrogens (tertiary/aromatic N) is 2. The van der Waals surface area contributed by atoms with Crippen molar-refractivity contribution in [3.8, 4) is 0 Å². The van der Waals surface area contributed by atoms with Gasteiger partial charge in [-0.2, -0.15) is 0 Å². The molecule has 1 aromatic rings. The maximum Gasteiger partial charge on any atom is 0.129 e. The average Bonchev–Trinajstić information content (AvgIpc) is 2.44. The average molecular weight is 291 g/mol. The second-order valence-corrected chi connectivity index (χ2v) is 6.71. The predicted molar refractivity (Wildman–Crippen MR) is 88.0 cm³/mol. The molecule has 118 valence electrons. The van der Waals surface area contributed by atoms with Gasteiger partial charge in [-0.3, -0.25) is 0 Å². The topological polar surface area (TPSA) is 37.4 Å². The number of aromatic nitrogens is 1. The van der Waals surface area contributed by atoms with Crippen molar-refractivity contribution >= 4 is 5.82 Å². The first-order valence-electron chi connectivity index (χ1n) is 8.01. The van der Waals surface area contributed by atoms with E-state index in [1.807, 2.05) is 0 Å². The lowest BCUT2D eigenvalue weighted by atomic mass is 10.0. The first-order chi connectivity index (χ1) is 9.94. The molecule has 4 heteroatoms. The van der Waals surface area contributed by atoms with Crippen LogP contribution < -0.4 is 10.2 Å². The largest absolute Gasteiger partial charge is 0.377 e.